The van der Waals surface area contributed by atoms with Crippen LogP contribution in [0.1, 0.15) is 20.7 Å². The third-order valence-electron chi connectivity index (χ3n) is 1.67. The number of hydrogen-bond acceptors (Lipinski definition) is 3. The monoisotopic (exact) mass is 216 g/mol. The molecule has 0 bridgehead atoms. The molecular weight excluding hydrogens is 211 g/mol. The molecule has 1 aromatic rings. The van der Waals surface area contributed by atoms with Crippen LogP contribution in [-0.2, 0) is 0 Å². The predicted molar refractivity (Wildman–Crippen MR) is 48.5 cm³/mol. The molecule has 0 spiro atoms. The Morgan fingerprint density at radius 1 is 1.57 bits per heavy atom. The van der Waals surface area contributed by atoms with Gasteiger partial charge in [-0.1, -0.05) is 0 Å². The van der Waals surface area contributed by atoms with Crippen LogP contribution in [0, 0.1) is 5.82 Å². The van der Waals surface area contributed by atoms with E-state index in [1.807, 2.05) is 0 Å². The third-order valence-corrected chi connectivity index (χ3v) is 1.87. The number of ether oxygens (including phenoxy) is 1. The molecule has 0 heterocycles. The lowest BCUT2D eigenvalue weighted by Gasteiger charge is -2.06. The smallest absolute Gasteiger partial charge is 0.256 e. The molecule has 1 rings (SSSR count). The van der Waals surface area contributed by atoms with Crippen molar-refractivity contribution < 1.29 is 18.7 Å². The Labute approximate surface area is 84.4 Å². The van der Waals surface area contributed by atoms with Crippen molar-refractivity contribution in [2.45, 2.75) is 0 Å². The first kappa shape index (κ1) is 10.7. The average Bonchev–Trinajstić information content (AvgIpc) is 2.17. The van der Waals surface area contributed by atoms with Gasteiger partial charge in [-0.3, -0.25) is 9.59 Å². The van der Waals surface area contributed by atoms with Crippen LogP contribution in [0.5, 0.6) is 5.75 Å². The van der Waals surface area contributed by atoms with Gasteiger partial charge in [0.15, 0.2) is 17.9 Å². The highest BCUT2D eigenvalue weighted by atomic mass is 35.5. The summed E-state index contributed by atoms with van der Waals surface area (Å²) in [5.41, 5.74) is -0.277. The van der Waals surface area contributed by atoms with E-state index in [2.05, 4.69) is 4.74 Å². The quantitative estimate of drug-likeness (QED) is 0.574. The summed E-state index contributed by atoms with van der Waals surface area (Å²) in [7, 11) is 1.19. The van der Waals surface area contributed by atoms with Crippen LogP contribution in [-0.4, -0.2) is 18.6 Å². The Bertz CT molecular complexity index is 390. The maximum atomic E-state index is 13.3. The standard InChI is InChI=1S/C9H6ClFO3/c1-14-8-6(9(10)13)3-2-5(4-12)7(8)11/h2-4H,1H3. The Morgan fingerprint density at radius 2 is 2.21 bits per heavy atom. The van der Waals surface area contributed by atoms with Gasteiger partial charge < -0.3 is 4.74 Å². The van der Waals surface area contributed by atoms with Gasteiger partial charge in [0.2, 0.25) is 0 Å². The first-order valence-corrected chi connectivity index (χ1v) is 4.01. The second-order valence-corrected chi connectivity index (χ2v) is 2.78. The van der Waals surface area contributed by atoms with Crippen LogP contribution in [0.3, 0.4) is 0 Å². The first-order chi connectivity index (χ1) is 6.61. The van der Waals surface area contributed by atoms with Crippen molar-refractivity contribution >= 4 is 23.1 Å². The zero-order valence-electron chi connectivity index (χ0n) is 7.21. The number of benzene rings is 1. The highest BCUT2D eigenvalue weighted by Gasteiger charge is 2.17. The number of aldehydes is 1. The van der Waals surface area contributed by atoms with Gasteiger partial charge in [-0.05, 0) is 23.7 Å². The van der Waals surface area contributed by atoms with Crippen LogP contribution in [0.2, 0.25) is 0 Å². The van der Waals surface area contributed by atoms with Crippen LogP contribution >= 0.6 is 11.6 Å². The molecular formula is C9H6ClFO3. The van der Waals surface area contributed by atoms with Crippen molar-refractivity contribution in [1.82, 2.24) is 0 Å². The van der Waals surface area contributed by atoms with Crippen molar-refractivity contribution in [3.05, 3.63) is 29.1 Å². The third kappa shape index (κ3) is 1.75. The second-order valence-electron chi connectivity index (χ2n) is 2.44. The fraction of sp³-hybridized carbons (Fsp3) is 0.111. The summed E-state index contributed by atoms with van der Waals surface area (Å²) in [4.78, 5) is 21.2. The number of carbonyl (C=O) groups is 2. The normalized spacial score (nSPS) is 9.64. The molecule has 0 aliphatic carbocycles. The highest BCUT2D eigenvalue weighted by Crippen LogP contribution is 2.26. The van der Waals surface area contributed by atoms with Gasteiger partial charge in [-0.25, -0.2) is 4.39 Å². The molecule has 0 fully saturated rings. The molecule has 0 atom stereocenters. The number of hydrogen-bond donors (Lipinski definition) is 0. The van der Waals surface area contributed by atoms with E-state index in [1.165, 1.54) is 19.2 Å². The van der Waals surface area contributed by atoms with Gasteiger partial charge >= 0.3 is 0 Å². The number of rotatable bonds is 3. The lowest BCUT2D eigenvalue weighted by atomic mass is 10.1. The Balaban J connectivity index is 3.43. The second kappa shape index (κ2) is 4.19. The summed E-state index contributed by atoms with van der Waals surface area (Å²) >= 11 is 5.18. The van der Waals surface area contributed by atoms with E-state index in [4.69, 9.17) is 11.6 Å². The summed E-state index contributed by atoms with van der Waals surface area (Å²) in [6.07, 6.45) is 0.334. The molecule has 3 nitrogen and oxygen atoms in total. The molecule has 0 aliphatic heterocycles. The van der Waals surface area contributed by atoms with E-state index >= 15 is 0 Å². The molecule has 0 amide bonds. The Kier molecular flexibility index (Phi) is 3.19. The Morgan fingerprint density at radius 3 is 2.64 bits per heavy atom. The van der Waals surface area contributed by atoms with Crippen molar-refractivity contribution in [2.75, 3.05) is 7.11 Å². The largest absolute Gasteiger partial charge is 0.493 e. The van der Waals surface area contributed by atoms with Gasteiger partial charge in [-0.15, -0.1) is 0 Å². The number of halogens is 2. The summed E-state index contributed by atoms with van der Waals surface area (Å²) in [5, 5.41) is -0.835. The Hall–Kier alpha value is -1.42. The van der Waals surface area contributed by atoms with Crippen molar-refractivity contribution in [3.8, 4) is 5.75 Å². The minimum atomic E-state index is -0.881. The summed E-state index contributed by atoms with van der Waals surface area (Å²) < 4.78 is 18.0. The van der Waals surface area contributed by atoms with Gasteiger partial charge in [0.25, 0.3) is 5.24 Å². The van der Waals surface area contributed by atoms with E-state index in [9.17, 15) is 14.0 Å². The molecule has 0 saturated carbocycles. The molecule has 14 heavy (non-hydrogen) atoms. The zero-order valence-corrected chi connectivity index (χ0v) is 7.97. The topological polar surface area (TPSA) is 43.4 Å². The van der Waals surface area contributed by atoms with Crippen molar-refractivity contribution in [3.63, 3.8) is 0 Å². The number of methoxy groups -OCH3 is 1. The van der Waals surface area contributed by atoms with E-state index in [-0.39, 0.29) is 16.9 Å². The lowest BCUT2D eigenvalue weighted by molar-refractivity contribution is 0.107. The van der Waals surface area contributed by atoms with Crippen LogP contribution in [0.25, 0.3) is 0 Å². The fourth-order valence-corrected chi connectivity index (χ4v) is 1.17. The summed E-state index contributed by atoms with van der Waals surface area (Å²) in [5.74, 6) is -1.19. The summed E-state index contributed by atoms with van der Waals surface area (Å²) in [6.45, 7) is 0. The maximum Gasteiger partial charge on any atom is 0.256 e. The maximum absolute atomic E-state index is 13.3. The van der Waals surface area contributed by atoms with Gasteiger partial charge in [0.1, 0.15) is 0 Å². The van der Waals surface area contributed by atoms with Crippen LogP contribution in [0.15, 0.2) is 12.1 Å². The minimum absolute atomic E-state index is 0.0998. The van der Waals surface area contributed by atoms with E-state index in [0.29, 0.717) is 6.29 Å². The SMILES string of the molecule is COc1c(C(=O)Cl)ccc(C=O)c1F. The van der Waals surface area contributed by atoms with Crippen molar-refractivity contribution in [1.29, 1.82) is 0 Å². The van der Waals surface area contributed by atoms with Gasteiger partial charge in [0, 0.05) is 0 Å². The van der Waals surface area contributed by atoms with Crippen LogP contribution < -0.4 is 4.74 Å². The highest BCUT2D eigenvalue weighted by molar-refractivity contribution is 6.68. The number of carbonyl (C=O) groups excluding carboxylic acids is 2. The molecule has 0 radical (unpaired) electrons. The minimum Gasteiger partial charge on any atom is -0.493 e. The first-order valence-electron chi connectivity index (χ1n) is 3.63. The van der Waals surface area contributed by atoms with E-state index in [0.717, 1.165) is 0 Å². The van der Waals surface area contributed by atoms with Crippen molar-refractivity contribution in [2.24, 2.45) is 0 Å². The zero-order chi connectivity index (χ0) is 10.7. The van der Waals surface area contributed by atoms with Crippen LogP contribution in [0.4, 0.5) is 4.39 Å². The molecule has 74 valence electrons. The fourth-order valence-electron chi connectivity index (χ4n) is 1.02. The molecule has 0 aliphatic rings. The van der Waals surface area contributed by atoms with E-state index in [1.54, 1.807) is 0 Å². The molecule has 0 N–H and O–H groups in total. The lowest BCUT2D eigenvalue weighted by Crippen LogP contribution is -2.01. The predicted octanol–water partition coefficient (Wildman–Crippen LogP) is 2.03. The van der Waals surface area contributed by atoms with Gasteiger partial charge in [0.05, 0.1) is 18.2 Å². The molecule has 5 heteroatoms. The molecule has 0 aromatic heterocycles. The molecule has 1 aromatic carbocycles. The average molecular weight is 217 g/mol. The molecule has 0 unspecified atom stereocenters. The van der Waals surface area contributed by atoms with E-state index < -0.39 is 11.1 Å². The summed E-state index contributed by atoms with van der Waals surface area (Å²) in [6, 6.07) is 2.40. The van der Waals surface area contributed by atoms with Gasteiger partial charge in [-0.2, -0.15) is 0 Å². The molecule has 0 saturated heterocycles.